The van der Waals surface area contributed by atoms with E-state index in [4.69, 9.17) is 0 Å². The molecule has 3 heteroatoms. The largest absolute Gasteiger partial charge is 0.393 e. The molecular formula is C18H28N2O. The number of nitrogens with one attached hydrogen (secondary N) is 1. The van der Waals surface area contributed by atoms with Gasteiger partial charge in [-0.1, -0.05) is 30.3 Å². The molecule has 1 aliphatic carbocycles. The minimum atomic E-state index is -0.0472. The van der Waals surface area contributed by atoms with Gasteiger partial charge in [0.05, 0.1) is 6.10 Å². The van der Waals surface area contributed by atoms with E-state index in [1.807, 2.05) is 0 Å². The summed E-state index contributed by atoms with van der Waals surface area (Å²) < 4.78 is 0. The van der Waals surface area contributed by atoms with E-state index in [-0.39, 0.29) is 6.10 Å². The fraction of sp³-hybridized carbons (Fsp3) is 0.667. The fourth-order valence-electron chi connectivity index (χ4n) is 3.68. The lowest BCUT2D eigenvalue weighted by Crippen LogP contribution is -2.42. The Bertz CT molecular complexity index is 414. The Balaban J connectivity index is 1.37. The second-order valence-electron chi connectivity index (χ2n) is 6.69. The van der Waals surface area contributed by atoms with Crippen LogP contribution in [-0.2, 0) is 6.42 Å². The molecule has 0 radical (unpaired) electrons. The van der Waals surface area contributed by atoms with Gasteiger partial charge in [-0.25, -0.2) is 0 Å². The monoisotopic (exact) mass is 288 g/mol. The summed E-state index contributed by atoms with van der Waals surface area (Å²) in [6, 6.07) is 12.1. The van der Waals surface area contributed by atoms with Gasteiger partial charge in [-0.2, -0.15) is 0 Å². The van der Waals surface area contributed by atoms with Gasteiger partial charge < -0.3 is 15.3 Å². The van der Waals surface area contributed by atoms with E-state index in [0.29, 0.717) is 12.1 Å². The summed E-state index contributed by atoms with van der Waals surface area (Å²) in [4.78, 5) is 2.59. The molecule has 3 rings (SSSR count). The lowest BCUT2D eigenvalue weighted by Gasteiger charge is -2.29. The average Bonchev–Trinajstić information content (AvgIpc) is 2.96. The van der Waals surface area contributed by atoms with Crippen molar-refractivity contribution in [1.82, 2.24) is 10.2 Å². The first-order valence-corrected chi connectivity index (χ1v) is 8.50. The van der Waals surface area contributed by atoms with Crippen LogP contribution in [0.15, 0.2) is 30.3 Å². The Morgan fingerprint density at radius 1 is 1.00 bits per heavy atom. The smallest absolute Gasteiger partial charge is 0.0541 e. The number of rotatable bonds is 5. The van der Waals surface area contributed by atoms with E-state index >= 15 is 0 Å². The molecule has 2 N–H and O–H groups in total. The zero-order valence-electron chi connectivity index (χ0n) is 12.9. The summed E-state index contributed by atoms with van der Waals surface area (Å²) in [6.07, 6.45) is 6.61. The highest BCUT2D eigenvalue weighted by atomic mass is 16.3. The van der Waals surface area contributed by atoms with Crippen molar-refractivity contribution in [2.75, 3.05) is 19.6 Å². The van der Waals surface area contributed by atoms with Crippen molar-refractivity contribution < 1.29 is 5.11 Å². The lowest BCUT2D eigenvalue weighted by atomic mass is 9.92. The Morgan fingerprint density at radius 3 is 2.52 bits per heavy atom. The molecule has 0 aromatic heterocycles. The minimum Gasteiger partial charge on any atom is -0.393 e. The van der Waals surface area contributed by atoms with Crippen LogP contribution < -0.4 is 5.32 Å². The van der Waals surface area contributed by atoms with Crippen molar-refractivity contribution in [2.24, 2.45) is 0 Å². The van der Waals surface area contributed by atoms with Gasteiger partial charge in [0, 0.05) is 25.2 Å². The molecule has 2 aliphatic rings. The zero-order valence-corrected chi connectivity index (χ0v) is 12.9. The maximum Gasteiger partial charge on any atom is 0.0541 e. The summed E-state index contributed by atoms with van der Waals surface area (Å²) in [5.41, 5.74) is 1.44. The summed E-state index contributed by atoms with van der Waals surface area (Å²) in [7, 11) is 0. The van der Waals surface area contributed by atoms with Crippen molar-refractivity contribution in [1.29, 1.82) is 0 Å². The van der Waals surface area contributed by atoms with Crippen LogP contribution in [0.4, 0.5) is 0 Å². The van der Waals surface area contributed by atoms with Gasteiger partial charge in [0.1, 0.15) is 0 Å². The van der Waals surface area contributed by atoms with Crippen LogP contribution in [-0.4, -0.2) is 47.8 Å². The van der Waals surface area contributed by atoms with E-state index in [0.717, 1.165) is 32.1 Å². The van der Waals surface area contributed by atoms with Crippen molar-refractivity contribution >= 4 is 0 Å². The van der Waals surface area contributed by atoms with Crippen LogP contribution in [0, 0.1) is 0 Å². The average molecular weight is 288 g/mol. The van der Waals surface area contributed by atoms with Crippen LogP contribution in [0.3, 0.4) is 0 Å². The van der Waals surface area contributed by atoms with Crippen molar-refractivity contribution in [3.63, 3.8) is 0 Å². The van der Waals surface area contributed by atoms with E-state index in [1.165, 1.54) is 31.6 Å². The quantitative estimate of drug-likeness (QED) is 0.872. The van der Waals surface area contributed by atoms with E-state index < -0.39 is 0 Å². The van der Waals surface area contributed by atoms with Crippen LogP contribution in [0.25, 0.3) is 0 Å². The Morgan fingerprint density at radius 2 is 1.76 bits per heavy atom. The summed E-state index contributed by atoms with van der Waals surface area (Å²) in [6.45, 7) is 3.58. The third kappa shape index (κ3) is 4.53. The molecule has 0 spiro atoms. The Labute approximate surface area is 128 Å². The predicted molar refractivity (Wildman–Crippen MR) is 86.4 cm³/mol. The Kier molecular flexibility index (Phi) is 5.28. The molecule has 1 aliphatic heterocycles. The molecule has 1 aromatic rings. The number of hydrogen-bond donors (Lipinski definition) is 2. The van der Waals surface area contributed by atoms with Crippen LogP contribution in [0.5, 0.6) is 0 Å². The number of benzene rings is 1. The molecule has 1 saturated carbocycles. The van der Waals surface area contributed by atoms with Gasteiger partial charge in [-0.3, -0.25) is 0 Å². The SMILES string of the molecule is OC1CCC(NC2CCN(CCc3ccccc3)C2)CC1. The molecule has 1 saturated heterocycles. The first-order valence-electron chi connectivity index (χ1n) is 8.50. The molecule has 21 heavy (non-hydrogen) atoms. The second-order valence-corrected chi connectivity index (χ2v) is 6.69. The fourth-order valence-corrected chi connectivity index (χ4v) is 3.68. The molecule has 0 bridgehead atoms. The highest BCUT2D eigenvalue weighted by Gasteiger charge is 2.26. The lowest BCUT2D eigenvalue weighted by molar-refractivity contribution is 0.114. The number of hydrogen-bond acceptors (Lipinski definition) is 3. The van der Waals surface area contributed by atoms with Gasteiger partial charge in [-0.05, 0) is 50.6 Å². The molecule has 3 nitrogen and oxygen atoms in total. The second kappa shape index (κ2) is 7.39. The van der Waals surface area contributed by atoms with E-state index in [2.05, 4.69) is 40.5 Å². The van der Waals surface area contributed by atoms with Crippen LogP contribution in [0.1, 0.15) is 37.7 Å². The molecule has 1 aromatic carbocycles. The molecule has 116 valence electrons. The standard InChI is InChI=1S/C18H28N2O/c21-18-8-6-16(7-9-18)19-17-11-13-20(14-17)12-10-15-4-2-1-3-5-15/h1-5,16-19,21H,6-14H2. The Hall–Kier alpha value is -0.900. The van der Waals surface area contributed by atoms with Crippen molar-refractivity contribution in [3.8, 4) is 0 Å². The molecule has 2 fully saturated rings. The number of aliphatic hydroxyl groups excluding tert-OH is 1. The maximum atomic E-state index is 9.57. The summed E-state index contributed by atoms with van der Waals surface area (Å²) >= 11 is 0. The third-order valence-corrected chi connectivity index (χ3v) is 5.00. The van der Waals surface area contributed by atoms with Crippen LogP contribution in [0.2, 0.25) is 0 Å². The van der Waals surface area contributed by atoms with Gasteiger partial charge in [-0.15, -0.1) is 0 Å². The zero-order chi connectivity index (χ0) is 14.5. The minimum absolute atomic E-state index is 0.0472. The molecule has 1 heterocycles. The van der Waals surface area contributed by atoms with Gasteiger partial charge in [0.25, 0.3) is 0 Å². The predicted octanol–water partition coefficient (Wildman–Crippen LogP) is 2.20. The topological polar surface area (TPSA) is 35.5 Å². The van der Waals surface area contributed by atoms with Gasteiger partial charge in [0.2, 0.25) is 0 Å². The molecule has 0 amide bonds. The van der Waals surface area contributed by atoms with E-state index in [1.54, 1.807) is 0 Å². The van der Waals surface area contributed by atoms with E-state index in [9.17, 15) is 5.11 Å². The van der Waals surface area contributed by atoms with Crippen molar-refractivity contribution in [2.45, 2.75) is 56.7 Å². The maximum absolute atomic E-state index is 9.57. The normalized spacial score (nSPS) is 30.6. The highest BCUT2D eigenvalue weighted by Crippen LogP contribution is 2.20. The molecular weight excluding hydrogens is 260 g/mol. The number of aliphatic hydroxyl groups is 1. The van der Waals surface area contributed by atoms with Gasteiger partial charge in [0.15, 0.2) is 0 Å². The summed E-state index contributed by atoms with van der Waals surface area (Å²) in [5.74, 6) is 0. The van der Waals surface area contributed by atoms with Crippen molar-refractivity contribution in [3.05, 3.63) is 35.9 Å². The number of nitrogens with zero attached hydrogens (tertiary/aromatic N) is 1. The third-order valence-electron chi connectivity index (χ3n) is 5.00. The first kappa shape index (κ1) is 15.0. The van der Waals surface area contributed by atoms with Gasteiger partial charge >= 0.3 is 0 Å². The number of likely N-dealkylation sites (tertiary alicyclic amines) is 1. The molecule has 1 atom stereocenters. The van der Waals surface area contributed by atoms with Crippen LogP contribution >= 0.6 is 0 Å². The highest BCUT2D eigenvalue weighted by molar-refractivity contribution is 5.14. The summed E-state index contributed by atoms with van der Waals surface area (Å²) in [5, 5.41) is 13.4. The molecule has 1 unspecified atom stereocenters. The first-order chi connectivity index (χ1) is 10.3.